The van der Waals surface area contributed by atoms with Crippen LogP contribution in [-0.4, -0.2) is 37.4 Å². The summed E-state index contributed by atoms with van der Waals surface area (Å²) in [5.41, 5.74) is 3.71. The molecule has 1 amide bonds. The Balaban J connectivity index is 1.88. The SMILES string of the molecule is Cc1cc(C)nc(SCc2c(C(=O)NCCC(C)C)nnn2-c2ccc(Br)cc2)n1. The number of hydrogen-bond donors (Lipinski definition) is 1. The first-order chi connectivity index (χ1) is 14.3. The highest BCUT2D eigenvalue weighted by molar-refractivity contribution is 9.10. The Morgan fingerprint density at radius 3 is 2.47 bits per heavy atom. The number of hydrogen-bond acceptors (Lipinski definition) is 6. The number of aryl methyl sites for hydroxylation is 2. The first-order valence-corrected chi connectivity index (χ1v) is 11.5. The van der Waals surface area contributed by atoms with Crippen molar-refractivity contribution in [1.82, 2.24) is 30.3 Å². The maximum Gasteiger partial charge on any atom is 0.273 e. The minimum atomic E-state index is -0.212. The van der Waals surface area contributed by atoms with Gasteiger partial charge in [0.05, 0.1) is 11.4 Å². The number of nitrogens with zero attached hydrogens (tertiary/aromatic N) is 5. The van der Waals surface area contributed by atoms with Crippen LogP contribution in [0, 0.1) is 19.8 Å². The van der Waals surface area contributed by atoms with Gasteiger partial charge in [0.15, 0.2) is 10.9 Å². The summed E-state index contributed by atoms with van der Waals surface area (Å²) in [5, 5.41) is 12.1. The summed E-state index contributed by atoms with van der Waals surface area (Å²) in [7, 11) is 0. The molecule has 30 heavy (non-hydrogen) atoms. The van der Waals surface area contributed by atoms with E-state index in [0.29, 0.717) is 34.8 Å². The minimum absolute atomic E-state index is 0.212. The van der Waals surface area contributed by atoms with E-state index >= 15 is 0 Å². The molecule has 0 spiro atoms. The molecule has 9 heteroatoms. The minimum Gasteiger partial charge on any atom is -0.351 e. The Hall–Kier alpha value is -2.26. The molecule has 7 nitrogen and oxygen atoms in total. The number of carbonyl (C=O) groups excluding carboxylic acids is 1. The van der Waals surface area contributed by atoms with E-state index in [4.69, 9.17) is 0 Å². The van der Waals surface area contributed by atoms with Crippen molar-refractivity contribution in [3.63, 3.8) is 0 Å². The van der Waals surface area contributed by atoms with Crippen molar-refractivity contribution in [3.05, 3.63) is 57.6 Å². The molecular formula is C21H25BrN6OS. The summed E-state index contributed by atoms with van der Waals surface area (Å²) in [4.78, 5) is 21.8. The fourth-order valence-corrected chi connectivity index (χ4v) is 4.05. The van der Waals surface area contributed by atoms with Crippen LogP contribution in [0.25, 0.3) is 5.69 Å². The molecule has 0 aliphatic carbocycles. The van der Waals surface area contributed by atoms with E-state index in [1.807, 2.05) is 44.2 Å². The average molecular weight is 489 g/mol. The molecule has 1 aromatic carbocycles. The van der Waals surface area contributed by atoms with Crippen LogP contribution in [0.15, 0.2) is 40.0 Å². The zero-order valence-corrected chi connectivity index (χ0v) is 19.9. The lowest BCUT2D eigenvalue weighted by Crippen LogP contribution is -2.26. The third-order valence-electron chi connectivity index (χ3n) is 4.36. The van der Waals surface area contributed by atoms with E-state index in [0.717, 1.165) is 28.0 Å². The van der Waals surface area contributed by atoms with Crippen molar-refractivity contribution in [1.29, 1.82) is 0 Å². The van der Waals surface area contributed by atoms with Gasteiger partial charge in [0.25, 0.3) is 5.91 Å². The van der Waals surface area contributed by atoms with Crippen LogP contribution in [0.4, 0.5) is 0 Å². The average Bonchev–Trinajstić information content (AvgIpc) is 3.10. The number of thioether (sulfide) groups is 1. The van der Waals surface area contributed by atoms with Crippen LogP contribution in [0.5, 0.6) is 0 Å². The Morgan fingerprint density at radius 1 is 1.17 bits per heavy atom. The van der Waals surface area contributed by atoms with Crippen LogP contribution in [0.1, 0.15) is 47.8 Å². The number of carbonyl (C=O) groups is 1. The molecule has 2 heterocycles. The molecule has 0 aliphatic rings. The van der Waals surface area contributed by atoms with Crippen LogP contribution < -0.4 is 5.32 Å². The number of nitrogens with one attached hydrogen (secondary N) is 1. The normalized spacial score (nSPS) is 11.1. The number of aromatic nitrogens is 5. The van der Waals surface area contributed by atoms with E-state index < -0.39 is 0 Å². The molecular weight excluding hydrogens is 464 g/mol. The van der Waals surface area contributed by atoms with Gasteiger partial charge in [-0.25, -0.2) is 14.6 Å². The van der Waals surface area contributed by atoms with E-state index in [9.17, 15) is 4.79 Å². The second-order valence-electron chi connectivity index (χ2n) is 7.43. The van der Waals surface area contributed by atoms with Gasteiger partial charge in [0, 0.05) is 28.2 Å². The third kappa shape index (κ3) is 5.89. The highest BCUT2D eigenvalue weighted by atomic mass is 79.9. The Labute approximate surface area is 189 Å². The first kappa shape index (κ1) is 22.4. The van der Waals surface area contributed by atoms with Gasteiger partial charge in [0.2, 0.25) is 0 Å². The quantitative estimate of drug-likeness (QED) is 0.370. The van der Waals surface area contributed by atoms with Crippen molar-refractivity contribution in [2.75, 3.05) is 6.54 Å². The fraction of sp³-hybridized carbons (Fsp3) is 0.381. The second-order valence-corrected chi connectivity index (χ2v) is 9.29. The van der Waals surface area contributed by atoms with Crippen LogP contribution >= 0.6 is 27.7 Å². The number of benzene rings is 1. The van der Waals surface area contributed by atoms with E-state index in [-0.39, 0.29) is 5.91 Å². The molecule has 0 saturated heterocycles. The molecule has 0 bridgehead atoms. The van der Waals surface area contributed by atoms with Gasteiger partial charge in [-0.1, -0.05) is 46.8 Å². The molecule has 158 valence electrons. The predicted molar refractivity (Wildman–Crippen MR) is 122 cm³/mol. The van der Waals surface area contributed by atoms with Crippen molar-refractivity contribution in [3.8, 4) is 5.69 Å². The summed E-state index contributed by atoms with van der Waals surface area (Å²) >= 11 is 4.92. The molecule has 0 unspecified atom stereocenters. The van der Waals surface area contributed by atoms with Gasteiger partial charge in [-0.15, -0.1) is 5.10 Å². The van der Waals surface area contributed by atoms with Crippen LogP contribution in [-0.2, 0) is 5.75 Å². The zero-order valence-electron chi connectivity index (χ0n) is 17.5. The summed E-state index contributed by atoms with van der Waals surface area (Å²) in [6, 6.07) is 9.67. The topological polar surface area (TPSA) is 85.6 Å². The molecule has 3 aromatic rings. The van der Waals surface area contributed by atoms with E-state index in [2.05, 4.69) is 55.4 Å². The van der Waals surface area contributed by atoms with Gasteiger partial charge in [-0.05, 0) is 56.5 Å². The maximum absolute atomic E-state index is 12.8. The first-order valence-electron chi connectivity index (χ1n) is 9.77. The molecule has 3 rings (SSSR count). The van der Waals surface area contributed by atoms with Crippen molar-refractivity contribution < 1.29 is 4.79 Å². The van der Waals surface area contributed by atoms with Crippen molar-refractivity contribution in [2.45, 2.75) is 45.0 Å². The molecule has 0 radical (unpaired) electrons. The molecule has 0 atom stereocenters. The highest BCUT2D eigenvalue weighted by Crippen LogP contribution is 2.24. The van der Waals surface area contributed by atoms with Gasteiger partial charge in [-0.3, -0.25) is 4.79 Å². The van der Waals surface area contributed by atoms with Gasteiger partial charge in [0.1, 0.15) is 0 Å². The van der Waals surface area contributed by atoms with Gasteiger partial charge >= 0.3 is 0 Å². The zero-order chi connectivity index (χ0) is 21.7. The smallest absolute Gasteiger partial charge is 0.273 e. The van der Waals surface area contributed by atoms with E-state index in [1.165, 1.54) is 11.8 Å². The summed E-state index contributed by atoms with van der Waals surface area (Å²) in [6.07, 6.45) is 0.910. The molecule has 0 fully saturated rings. The van der Waals surface area contributed by atoms with E-state index in [1.54, 1.807) is 4.68 Å². The maximum atomic E-state index is 12.8. The predicted octanol–water partition coefficient (Wildman–Crippen LogP) is 4.50. The lowest BCUT2D eigenvalue weighted by molar-refractivity contribution is 0.0946. The van der Waals surface area contributed by atoms with Crippen LogP contribution in [0.2, 0.25) is 0 Å². The fourth-order valence-electron chi connectivity index (χ4n) is 2.85. The lowest BCUT2D eigenvalue weighted by Gasteiger charge is -2.09. The highest BCUT2D eigenvalue weighted by Gasteiger charge is 2.21. The Morgan fingerprint density at radius 2 is 1.83 bits per heavy atom. The summed E-state index contributed by atoms with van der Waals surface area (Å²) in [6.45, 7) is 8.75. The summed E-state index contributed by atoms with van der Waals surface area (Å²) in [5.74, 6) is 0.773. The molecule has 2 aromatic heterocycles. The molecule has 0 saturated carbocycles. The number of halogens is 1. The third-order valence-corrected chi connectivity index (χ3v) is 5.74. The monoisotopic (exact) mass is 488 g/mol. The largest absolute Gasteiger partial charge is 0.351 e. The summed E-state index contributed by atoms with van der Waals surface area (Å²) < 4.78 is 2.68. The van der Waals surface area contributed by atoms with Crippen molar-refractivity contribution >= 4 is 33.6 Å². The Bertz CT molecular complexity index is 999. The second kappa shape index (κ2) is 10.2. The number of rotatable bonds is 8. The molecule has 0 aliphatic heterocycles. The van der Waals surface area contributed by atoms with Gasteiger partial charge in [-0.2, -0.15) is 0 Å². The van der Waals surface area contributed by atoms with Crippen LogP contribution in [0.3, 0.4) is 0 Å². The standard InChI is InChI=1S/C21H25BrN6OS/c1-13(2)9-10-23-20(29)19-18(12-30-21-24-14(3)11-15(4)25-21)28(27-26-19)17-7-5-16(22)6-8-17/h5-8,11,13H,9-10,12H2,1-4H3,(H,23,29). The lowest BCUT2D eigenvalue weighted by atomic mass is 10.1. The number of amides is 1. The van der Waals surface area contributed by atoms with Crippen molar-refractivity contribution in [2.24, 2.45) is 5.92 Å². The Kier molecular flexibility index (Phi) is 7.60. The van der Waals surface area contributed by atoms with Gasteiger partial charge < -0.3 is 5.32 Å². The molecule has 1 N–H and O–H groups in total.